The minimum absolute atomic E-state index is 0.138. The van der Waals surface area contributed by atoms with Crippen LogP contribution in [-0.2, 0) is 4.79 Å². The van der Waals surface area contributed by atoms with E-state index < -0.39 is 12.0 Å². The monoisotopic (exact) mass is 319 g/mol. The van der Waals surface area contributed by atoms with Crippen molar-refractivity contribution in [2.45, 2.75) is 32.4 Å². The molecule has 0 fully saturated rings. The number of nitrogens with one attached hydrogen (secondary N) is 1. The highest BCUT2D eigenvalue weighted by Crippen LogP contribution is 2.26. The summed E-state index contributed by atoms with van der Waals surface area (Å²) in [4.78, 5) is 11.2. The van der Waals surface area contributed by atoms with Crippen LogP contribution in [0, 0.1) is 0 Å². The Balaban J connectivity index is 2.97. The van der Waals surface area contributed by atoms with Crippen molar-refractivity contribution in [3.8, 4) is 0 Å². The van der Waals surface area contributed by atoms with Gasteiger partial charge in [0.25, 0.3) is 0 Å². The van der Waals surface area contributed by atoms with Gasteiger partial charge in [-0.15, -0.1) is 0 Å². The highest BCUT2D eigenvalue weighted by Gasteiger charge is 2.21. The summed E-state index contributed by atoms with van der Waals surface area (Å²) in [6.45, 7) is 3.96. The second kappa shape index (κ2) is 6.38. The van der Waals surface area contributed by atoms with Gasteiger partial charge in [-0.3, -0.25) is 10.1 Å². The number of rotatable bonds is 5. The summed E-state index contributed by atoms with van der Waals surface area (Å²) in [5.74, 6) is -0.899. The minimum Gasteiger partial charge on any atom is -0.480 e. The number of benzene rings is 1. The van der Waals surface area contributed by atoms with Crippen molar-refractivity contribution < 1.29 is 9.90 Å². The third-order valence-corrected chi connectivity index (χ3v) is 3.82. The molecule has 0 heterocycles. The van der Waals surface area contributed by atoms with E-state index in [1.807, 2.05) is 13.8 Å². The molecule has 0 aromatic heterocycles. The van der Waals surface area contributed by atoms with Crippen molar-refractivity contribution in [1.82, 2.24) is 5.32 Å². The van der Waals surface area contributed by atoms with Crippen molar-refractivity contribution in [2.75, 3.05) is 0 Å². The van der Waals surface area contributed by atoms with Gasteiger partial charge in [-0.1, -0.05) is 24.6 Å². The second-order valence-corrected chi connectivity index (χ2v) is 5.18. The number of halogens is 2. The van der Waals surface area contributed by atoms with Gasteiger partial charge in [0, 0.05) is 10.5 Å². The Morgan fingerprint density at radius 2 is 2.24 bits per heavy atom. The first-order valence-corrected chi connectivity index (χ1v) is 6.56. The fraction of sp³-hybridized carbons (Fsp3) is 0.417. The summed E-state index contributed by atoms with van der Waals surface area (Å²) in [5, 5.41) is 12.8. The summed E-state index contributed by atoms with van der Waals surface area (Å²) in [6.07, 6.45) is 0.869. The van der Waals surface area contributed by atoms with Crippen LogP contribution in [0.15, 0.2) is 22.7 Å². The third kappa shape index (κ3) is 3.98. The van der Waals surface area contributed by atoms with Crippen molar-refractivity contribution in [3.05, 3.63) is 33.3 Å². The molecule has 5 heteroatoms. The van der Waals surface area contributed by atoms with E-state index in [2.05, 4.69) is 21.2 Å². The van der Waals surface area contributed by atoms with Gasteiger partial charge in [0.15, 0.2) is 0 Å². The Labute approximate surface area is 114 Å². The molecule has 0 aliphatic carbocycles. The molecular formula is C12H15BrClNO2. The van der Waals surface area contributed by atoms with Gasteiger partial charge in [-0.2, -0.15) is 0 Å². The van der Waals surface area contributed by atoms with Gasteiger partial charge in [0.1, 0.15) is 6.04 Å². The molecule has 0 spiro atoms. The molecular weight excluding hydrogens is 305 g/mol. The molecule has 0 aliphatic rings. The Morgan fingerprint density at radius 1 is 1.59 bits per heavy atom. The first kappa shape index (κ1) is 14.5. The van der Waals surface area contributed by atoms with Crippen LogP contribution < -0.4 is 5.32 Å². The zero-order chi connectivity index (χ0) is 13.0. The van der Waals surface area contributed by atoms with Crippen LogP contribution >= 0.6 is 27.5 Å². The SMILES string of the molecule is CCC(C)NC(C(=O)O)c1ccc(Br)c(Cl)c1. The van der Waals surface area contributed by atoms with Crippen LogP contribution in [0.3, 0.4) is 0 Å². The fourth-order valence-corrected chi connectivity index (χ4v) is 1.84. The Hall–Kier alpha value is -0.580. The van der Waals surface area contributed by atoms with Crippen molar-refractivity contribution >= 4 is 33.5 Å². The number of carbonyl (C=O) groups is 1. The van der Waals surface area contributed by atoms with Crippen molar-refractivity contribution in [3.63, 3.8) is 0 Å². The Morgan fingerprint density at radius 3 is 2.71 bits per heavy atom. The van der Waals surface area contributed by atoms with Gasteiger partial charge in [-0.25, -0.2) is 0 Å². The van der Waals surface area contributed by atoms with Crippen LogP contribution in [0.2, 0.25) is 5.02 Å². The lowest BCUT2D eigenvalue weighted by molar-refractivity contribution is -0.139. The molecule has 17 heavy (non-hydrogen) atoms. The largest absolute Gasteiger partial charge is 0.480 e. The van der Waals surface area contributed by atoms with E-state index in [0.29, 0.717) is 10.6 Å². The topological polar surface area (TPSA) is 49.3 Å². The lowest BCUT2D eigenvalue weighted by Gasteiger charge is -2.19. The van der Waals surface area contributed by atoms with Crippen LogP contribution in [0.1, 0.15) is 31.9 Å². The third-order valence-electron chi connectivity index (χ3n) is 2.59. The fourth-order valence-electron chi connectivity index (χ4n) is 1.40. The lowest BCUT2D eigenvalue weighted by Crippen LogP contribution is -2.34. The molecule has 0 saturated carbocycles. The average molecular weight is 321 g/mol. The first-order valence-electron chi connectivity index (χ1n) is 5.39. The van der Waals surface area contributed by atoms with Crippen LogP contribution in [-0.4, -0.2) is 17.1 Å². The molecule has 3 nitrogen and oxygen atoms in total. The van der Waals surface area contributed by atoms with E-state index in [4.69, 9.17) is 11.6 Å². The molecule has 0 aliphatic heterocycles. The van der Waals surface area contributed by atoms with E-state index in [0.717, 1.165) is 10.9 Å². The zero-order valence-corrected chi connectivity index (χ0v) is 12.0. The predicted molar refractivity (Wildman–Crippen MR) is 72.4 cm³/mol. The molecule has 0 radical (unpaired) electrons. The molecule has 1 aromatic rings. The Bertz CT molecular complexity index is 411. The highest BCUT2D eigenvalue weighted by atomic mass is 79.9. The van der Waals surface area contributed by atoms with E-state index in [1.165, 1.54) is 0 Å². The highest BCUT2D eigenvalue weighted by molar-refractivity contribution is 9.10. The van der Waals surface area contributed by atoms with Crippen molar-refractivity contribution in [1.29, 1.82) is 0 Å². The van der Waals surface area contributed by atoms with Crippen LogP contribution in [0.25, 0.3) is 0 Å². The molecule has 1 rings (SSSR count). The Kier molecular flexibility index (Phi) is 5.43. The number of carboxylic acids is 1. The summed E-state index contributed by atoms with van der Waals surface area (Å²) in [7, 11) is 0. The molecule has 2 N–H and O–H groups in total. The summed E-state index contributed by atoms with van der Waals surface area (Å²) in [5.41, 5.74) is 0.658. The molecule has 0 amide bonds. The lowest BCUT2D eigenvalue weighted by atomic mass is 10.1. The second-order valence-electron chi connectivity index (χ2n) is 3.92. The smallest absolute Gasteiger partial charge is 0.325 e. The maximum Gasteiger partial charge on any atom is 0.325 e. The molecule has 2 atom stereocenters. The van der Waals surface area contributed by atoms with E-state index >= 15 is 0 Å². The molecule has 1 aromatic carbocycles. The van der Waals surface area contributed by atoms with Gasteiger partial charge in [0.05, 0.1) is 5.02 Å². The van der Waals surface area contributed by atoms with Crippen LogP contribution in [0.5, 0.6) is 0 Å². The van der Waals surface area contributed by atoms with Crippen molar-refractivity contribution in [2.24, 2.45) is 0 Å². The normalized spacial score (nSPS) is 14.4. The summed E-state index contributed by atoms with van der Waals surface area (Å²) < 4.78 is 0.760. The molecule has 94 valence electrons. The summed E-state index contributed by atoms with van der Waals surface area (Å²) in [6, 6.07) is 4.59. The number of hydrogen-bond acceptors (Lipinski definition) is 2. The summed E-state index contributed by atoms with van der Waals surface area (Å²) >= 11 is 9.25. The maximum atomic E-state index is 11.2. The molecule has 0 saturated heterocycles. The van der Waals surface area contributed by atoms with Gasteiger partial charge in [-0.05, 0) is 47.0 Å². The van der Waals surface area contributed by atoms with Gasteiger partial charge in [0.2, 0.25) is 0 Å². The molecule has 2 unspecified atom stereocenters. The molecule has 0 bridgehead atoms. The van der Waals surface area contributed by atoms with E-state index in [9.17, 15) is 9.90 Å². The van der Waals surface area contributed by atoms with Crippen LogP contribution in [0.4, 0.5) is 0 Å². The predicted octanol–water partition coefficient (Wildman–Crippen LogP) is 3.62. The van der Waals surface area contributed by atoms with Gasteiger partial charge >= 0.3 is 5.97 Å². The van der Waals surface area contributed by atoms with E-state index in [-0.39, 0.29) is 6.04 Å². The number of carboxylic acid groups (broad SMARTS) is 1. The quantitative estimate of drug-likeness (QED) is 0.871. The van der Waals surface area contributed by atoms with E-state index in [1.54, 1.807) is 18.2 Å². The first-order chi connectivity index (χ1) is 7.95. The number of hydrogen-bond donors (Lipinski definition) is 2. The minimum atomic E-state index is -0.899. The zero-order valence-electron chi connectivity index (χ0n) is 9.71. The maximum absolute atomic E-state index is 11.2. The number of aliphatic carboxylic acids is 1. The average Bonchev–Trinajstić information content (AvgIpc) is 2.29. The standard InChI is InChI=1S/C12H15BrClNO2/c1-3-7(2)15-11(12(16)17)8-4-5-9(13)10(14)6-8/h4-7,11,15H,3H2,1-2H3,(H,16,17). The van der Waals surface area contributed by atoms with Gasteiger partial charge < -0.3 is 5.11 Å².